The van der Waals surface area contributed by atoms with Crippen LogP contribution in [0.2, 0.25) is 0 Å². The third-order valence-corrected chi connectivity index (χ3v) is 2.47. The number of carbonyl (C=O) groups is 2. The van der Waals surface area contributed by atoms with Crippen LogP contribution in [-0.2, 0) is 14.3 Å². The summed E-state index contributed by atoms with van der Waals surface area (Å²) >= 11 is 0. The number of hydrogen-bond acceptors (Lipinski definition) is 7. The quantitative estimate of drug-likeness (QED) is 0.559. The molecule has 7 nitrogen and oxygen atoms in total. The van der Waals surface area contributed by atoms with Crippen molar-refractivity contribution in [3.05, 3.63) is 23.8 Å². The number of esters is 1. The summed E-state index contributed by atoms with van der Waals surface area (Å²) in [5.74, 6) is -1.09. The van der Waals surface area contributed by atoms with Gasteiger partial charge in [-0.1, -0.05) is 0 Å². The Morgan fingerprint density at radius 1 is 1.19 bits per heavy atom. The molecule has 0 heterocycles. The number of phenols is 1. The van der Waals surface area contributed by atoms with Gasteiger partial charge in [-0.2, -0.15) is 0 Å². The van der Waals surface area contributed by atoms with E-state index < -0.39 is 25.0 Å². The molecule has 0 fully saturated rings. The molecule has 0 atom stereocenters. The molecule has 0 aliphatic carbocycles. The largest absolute Gasteiger partial charge is 0.502 e. The van der Waals surface area contributed by atoms with E-state index in [2.05, 4.69) is 4.74 Å². The van der Waals surface area contributed by atoms with Gasteiger partial charge in [0.05, 0.1) is 14.2 Å². The molecule has 0 amide bonds. The van der Waals surface area contributed by atoms with E-state index in [1.54, 1.807) is 0 Å². The van der Waals surface area contributed by atoms with E-state index in [0.717, 1.165) is 6.08 Å². The number of methoxy groups -OCH3 is 2. The first-order valence-electron chi connectivity index (χ1n) is 5.94. The third kappa shape index (κ3) is 4.81. The number of rotatable bonds is 7. The number of aliphatic hydroxyl groups excluding tert-OH is 1. The molecule has 0 spiro atoms. The first-order chi connectivity index (χ1) is 10.0. The minimum absolute atomic E-state index is 0.145. The second kappa shape index (κ2) is 7.91. The van der Waals surface area contributed by atoms with Crippen molar-refractivity contribution >= 4 is 17.8 Å². The number of benzene rings is 1. The van der Waals surface area contributed by atoms with Gasteiger partial charge in [-0.15, -0.1) is 0 Å². The Bertz CT molecular complexity index is 523. The van der Waals surface area contributed by atoms with Crippen molar-refractivity contribution in [1.29, 1.82) is 0 Å². The lowest BCUT2D eigenvalue weighted by atomic mass is 10.1. The summed E-state index contributed by atoms with van der Waals surface area (Å²) in [7, 11) is 2.77. The molecule has 1 aromatic carbocycles. The summed E-state index contributed by atoms with van der Waals surface area (Å²) in [4.78, 5) is 22.1. The van der Waals surface area contributed by atoms with E-state index in [4.69, 9.17) is 14.6 Å². The number of ether oxygens (including phenoxy) is 3. The lowest BCUT2D eigenvalue weighted by molar-refractivity contribution is -0.143. The van der Waals surface area contributed by atoms with Crippen molar-refractivity contribution in [2.75, 3.05) is 27.4 Å². The number of aromatic hydroxyl groups is 1. The van der Waals surface area contributed by atoms with Crippen LogP contribution in [0, 0.1) is 0 Å². The van der Waals surface area contributed by atoms with E-state index in [1.165, 1.54) is 32.4 Å². The van der Waals surface area contributed by atoms with Crippen molar-refractivity contribution < 1.29 is 34.0 Å². The lowest BCUT2D eigenvalue weighted by Gasteiger charge is -2.09. The Balaban J connectivity index is 2.80. The molecule has 114 valence electrons. The summed E-state index contributed by atoms with van der Waals surface area (Å²) in [5, 5.41) is 18.2. The molecule has 0 radical (unpaired) electrons. The van der Waals surface area contributed by atoms with Crippen molar-refractivity contribution in [2.24, 2.45) is 0 Å². The second-order valence-corrected chi connectivity index (χ2v) is 3.91. The van der Waals surface area contributed by atoms with E-state index in [-0.39, 0.29) is 17.2 Å². The first kappa shape index (κ1) is 16.5. The average molecular weight is 296 g/mol. The predicted molar refractivity (Wildman–Crippen MR) is 73.3 cm³/mol. The predicted octanol–water partition coefficient (Wildman–Crippen LogP) is 0.527. The number of Topliss-reactive ketones (excluding diaryl/α,β-unsaturated/α-hetero) is 1. The molecule has 0 saturated heterocycles. The summed E-state index contributed by atoms with van der Waals surface area (Å²) in [6.45, 7) is -1.16. The van der Waals surface area contributed by atoms with Gasteiger partial charge in [0.1, 0.15) is 6.61 Å². The van der Waals surface area contributed by atoms with Gasteiger partial charge < -0.3 is 24.4 Å². The number of aliphatic hydroxyl groups is 1. The van der Waals surface area contributed by atoms with E-state index in [0.29, 0.717) is 5.56 Å². The van der Waals surface area contributed by atoms with Gasteiger partial charge in [0, 0.05) is 6.08 Å². The molecule has 0 aromatic heterocycles. The van der Waals surface area contributed by atoms with Crippen LogP contribution in [-0.4, -0.2) is 49.4 Å². The van der Waals surface area contributed by atoms with Crippen LogP contribution < -0.4 is 9.47 Å². The average Bonchev–Trinajstić information content (AvgIpc) is 2.51. The maximum atomic E-state index is 11.4. The molecule has 0 aliphatic rings. The van der Waals surface area contributed by atoms with Crippen molar-refractivity contribution in [3.63, 3.8) is 0 Å². The van der Waals surface area contributed by atoms with E-state index in [1.807, 2.05) is 0 Å². The van der Waals surface area contributed by atoms with Gasteiger partial charge in [-0.25, -0.2) is 4.79 Å². The van der Waals surface area contributed by atoms with Crippen LogP contribution in [0.1, 0.15) is 5.56 Å². The number of phenolic OH excluding ortho intramolecular Hbond substituents is 1. The Labute approximate surface area is 121 Å². The summed E-state index contributed by atoms with van der Waals surface area (Å²) < 4.78 is 14.6. The van der Waals surface area contributed by atoms with Gasteiger partial charge in [0.25, 0.3) is 0 Å². The minimum Gasteiger partial charge on any atom is -0.502 e. The smallest absolute Gasteiger partial charge is 0.331 e. The van der Waals surface area contributed by atoms with Crippen LogP contribution in [0.4, 0.5) is 0 Å². The molecule has 21 heavy (non-hydrogen) atoms. The highest BCUT2D eigenvalue weighted by atomic mass is 16.5. The SMILES string of the molecule is COc1cc(/C=C/C(=O)OCC(=O)CO)cc(OC)c1O. The molecule has 1 rings (SSSR count). The molecule has 0 unspecified atom stereocenters. The van der Waals surface area contributed by atoms with E-state index in [9.17, 15) is 14.7 Å². The highest BCUT2D eigenvalue weighted by Crippen LogP contribution is 2.37. The first-order valence-corrected chi connectivity index (χ1v) is 5.94. The molecule has 7 heteroatoms. The van der Waals surface area contributed by atoms with Crippen LogP contribution in [0.3, 0.4) is 0 Å². The maximum Gasteiger partial charge on any atom is 0.331 e. The standard InChI is InChI=1S/C14H16O7/c1-19-11-5-9(6-12(20-2)14(11)18)3-4-13(17)21-8-10(16)7-15/h3-6,15,18H,7-8H2,1-2H3/b4-3+. The lowest BCUT2D eigenvalue weighted by Crippen LogP contribution is -2.15. The maximum absolute atomic E-state index is 11.4. The second-order valence-electron chi connectivity index (χ2n) is 3.91. The Morgan fingerprint density at radius 2 is 1.76 bits per heavy atom. The summed E-state index contributed by atoms with van der Waals surface area (Å²) in [6, 6.07) is 3.00. The van der Waals surface area contributed by atoms with Crippen molar-refractivity contribution in [3.8, 4) is 17.2 Å². The Kier molecular flexibility index (Phi) is 6.22. The molecule has 0 saturated carbocycles. The Hall–Kier alpha value is -2.54. The van der Waals surface area contributed by atoms with Gasteiger partial charge in [0.2, 0.25) is 5.75 Å². The zero-order chi connectivity index (χ0) is 15.8. The van der Waals surface area contributed by atoms with Gasteiger partial charge >= 0.3 is 5.97 Å². The fraction of sp³-hybridized carbons (Fsp3) is 0.286. The Morgan fingerprint density at radius 3 is 2.24 bits per heavy atom. The number of ketones is 1. The van der Waals surface area contributed by atoms with Crippen LogP contribution >= 0.6 is 0 Å². The molecular formula is C14H16O7. The summed E-state index contributed by atoms with van der Waals surface area (Å²) in [5.41, 5.74) is 0.534. The van der Waals surface area contributed by atoms with Crippen molar-refractivity contribution in [1.82, 2.24) is 0 Å². The van der Waals surface area contributed by atoms with Gasteiger partial charge in [-0.05, 0) is 23.8 Å². The van der Waals surface area contributed by atoms with Crippen LogP contribution in [0.15, 0.2) is 18.2 Å². The third-order valence-electron chi connectivity index (χ3n) is 2.47. The molecule has 0 aliphatic heterocycles. The van der Waals surface area contributed by atoms with Crippen LogP contribution in [0.5, 0.6) is 17.2 Å². The fourth-order valence-electron chi connectivity index (χ4n) is 1.42. The molecule has 1 aromatic rings. The van der Waals surface area contributed by atoms with E-state index >= 15 is 0 Å². The topological polar surface area (TPSA) is 102 Å². The highest BCUT2D eigenvalue weighted by Gasteiger charge is 2.10. The fourth-order valence-corrected chi connectivity index (χ4v) is 1.42. The molecule has 2 N–H and O–H groups in total. The summed E-state index contributed by atoms with van der Waals surface area (Å²) in [6.07, 6.45) is 2.52. The normalized spacial score (nSPS) is 10.4. The van der Waals surface area contributed by atoms with Crippen LogP contribution in [0.25, 0.3) is 6.08 Å². The number of hydrogen-bond donors (Lipinski definition) is 2. The zero-order valence-corrected chi connectivity index (χ0v) is 11.7. The molecular weight excluding hydrogens is 280 g/mol. The van der Waals surface area contributed by atoms with Crippen molar-refractivity contribution in [2.45, 2.75) is 0 Å². The number of carbonyl (C=O) groups excluding carboxylic acids is 2. The van der Waals surface area contributed by atoms with Gasteiger partial charge in [0.15, 0.2) is 23.9 Å². The highest BCUT2D eigenvalue weighted by molar-refractivity contribution is 5.90. The van der Waals surface area contributed by atoms with Gasteiger partial charge in [-0.3, -0.25) is 4.79 Å². The molecule has 0 bridgehead atoms. The zero-order valence-electron chi connectivity index (χ0n) is 11.7. The minimum atomic E-state index is -0.734. The monoisotopic (exact) mass is 296 g/mol.